The van der Waals surface area contributed by atoms with E-state index in [0.29, 0.717) is 25.3 Å². The van der Waals surface area contributed by atoms with Crippen molar-refractivity contribution in [1.82, 2.24) is 4.90 Å². The molecule has 1 saturated carbocycles. The molecule has 0 radical (unpaired) electrons. The number of amides is 1. The minimum atomic E-state index is -0.794. The lowest BCUT2D eigenvalue weighted by Crippen LogP contribution is -2.53. The highest BCUT2D eigenvalue weighted by atomic mass is 16.3. The first kappa shape index (κ1) is 13.4. The summed E-state index contributed by atoms with van der Waals surface area (Å²) in [5.41, 5.74) is -0.794. The molecule has 1 saturated heterocycles. The monoisotopic (exact) mass is 250 g/mol. The highest BCUT2D eigenvalue weighted by molar-refractivity contribution is 5.87. The second-order valence-corrected chi connectivity index (χ2v) is 5.89. The second-order valence-electron chi connectivity index (χ2n) is 5.89. The van der Waals surface area contributed by atoms with Crippen LogP contribution in [0, 0.1) is 22.7 Å². The van der Waals surface area contributed by atoms with Crippen molar-refractivity contribution >= 4 is 5.91 Å². The van der Waals surface area contributed by atoms with Gasteiger partial charge >= 0.3 is 0 Å². The Morgan fingerprint density at radius 2 is 2.17 bits per heavy atom. The first-order valence-electron chi connectivity index (χ1n) is 6.96. The third kappa shape index (κ3) is 2.24. The number of rotatable bonds is 2. The Balaban J connectivity index is 2.13. The van der Waals surface area contributed by atoms with Crippen LogP contribution in [0.2, 0.25) is 0 Å². The van der Waals surface area contributed by atoms with Crippen molar-refractivity contribution in [2.75, 3.05) is 13.2 Å². The summed E-state index contributed by atoms with van der Waals surface area (Å²) in [6.07, 6.45) is 5.37. The van der Waals surface area contributed by atoms with E-state index in [0.717, 1.165) is 25.7 Å². The van der Waals surface area contributed by atoms with Crippen LogP contribution in [0.15, 0.2) is 0 Å². The fourth-order valence-electron chi connectivity index (χ4n) is 3.35. The predicted octanol–water partition coefficient (Wildman–Crippen LogP) is 1.69. The maximum Gasteiger partial charge on any atom is 0.243 e. The quantitative estimate of drug-likeness (QED) is 0.811. The Hall–Kier alpha value is -1.08. The number of carbonyl (C=O) groups is 1. The van der Waals surface area contributed by atoms with E-state index in [1.807, 2.05) is 0 Å². The summed E-state index contributed by atoms with van der Waals surface area (Å²) >= 11 is 0. The number of aliphatic hydroxyl groups excluding tert-OH is 1. The fraction of sp³-hybridized carbons (Fsp3) is 0.857. The Morgan fingerprint density at radius 1 is 1.44 bits per heavy atom. The topological polar surface area (TPSA) is 64.3 Å². The lowest BCUT2D eigenvalue weighted by molar-refractivity contribution is -0.148. The maximum atomic E-state index is 12.6. The van der Waals surface area contributed by atoms with Gasteiger partial charge in [0.25, 0.3) is 0 Å². The number of hydrogen-bond donors (Lipinski definition) is 1. The second kappa shape index (κ2) is 5.27. The van der Waals surface area contributed by atoms with Crippen LogP contribution in [-0.4, -0.2) is 35.1 Å². The van der Waals surface area contributed by atoms with Gasteiger partial charge in [0.05, 0.1) is 18.7 Å². The molecule has 18 heavy (non-hydrogen) atoms. The van der Waals surface area contributed by atoms with E-state index >= 15 is 0 Å². The van der Waals surface area contributed by atoms with Crippen molar-refractivity contribution in [3.05, 3.63) is 0 Å². The molecule has 4 nitrogen and oxygen atoms in total. The van der Waals surface area contributed by atoms with Gasteiger partial charge in [-0.15, -0.1) is 0 Å². The number of likely N-dealkylation sites (tertiary alicyclic amines) is 1. The molecule has 1 N–H and O–H groups in total. The lowest BCUT2D eigenvalue weighted by Gasteiger charge is -2.44. The van der Waals surface area contributed by atoms with E-state index < -0.39 is 5.41 Å². The molecule has 1 aliphatic carbocycles. The lowest BCUT2D eigenvalue weighted by atomic mass is 9.62. The summed E-state index contributed by atoms with van der Waals surface area (Å²) in [6, 6.07) is 2.15. The van der Waals surface area contributed by atoms with Crippen LogP contribution in [0.3, 0.4) is 0 Å². The van der Waals surface area contributed by atoms with Gasteiger partial charge in [0.1, 0.15) is 5.41 Å². The van der Waals surface area contributed by atoms with E-state index in [4.69, 9.17) is 0 Å². The number of nitriles is 1. The van der Waals surface area contributed by atoms with Crippen molar-refractivity contribution < 1.29 is 9.90 Å². The summed E-state index contributed by atoms with van der Waals surface area (Å²) in [7, 11) is 0. The number of hydrogen-bond acceptors (Lipinski definition) is 3. The smallest absolute Gasteiger partial charge is 0.243 e. The maximum absolute atomic E-state index is 12.6. The number of carbonyl (C=O) groups excluding carboxylic acids is 1. The van der Waals surface area contributed by atoms with Crippen molar-refractivity contribution in [2.45, 2.75) is 51.5 Å². The standard InChI is InChI=1S/C14H22N2O2/c1-11-7-14(8-11,10-15)13(18)16-6-4-2-3-5-12(16)9-17/h11-12,17H,2-9H2,1H3. The Bertz CT molecular complexity index is 355. The highest BCUT2D eigenvalue weighted by Crippen LogP contribution is 2.46. The van der Waals surface area contributed by atoms with E-state index in [2.05, 4.69) is 13.0 Å². The largest absolute Gasteiger partial charge is 0.394 e. The molecule has 2 aliphatic rings. The Morgan fingerprint density at radius 3 is 2.72 bits per heavy atom. The van der Waals surface area contributed by atoms with Crippen molar-refractivity contribution in [3.63, 3.8) is 0 Å². The molecule has 1 heterocycles. The average Bonchev–Trinajstić information content (AvgIpc) is 2.58. The van der Waals surface area contributed by atoms with E-state index in [9.17, 15) is 15.2 Å². The normalized spacial score (nSPS) is 36.4. The molecule has 1 atom stereocenters. The van der Waals surface area contributed by atoms with E-state index in [-0.39, 0.29) is 18.6 Å². The van der Waals surface area contributed by atoms with Crippen LogP contribution in [0.5, 0.6) is 0 Å². The van der Waals surface area contributed by atoms with Gasteiger partial charge in [-0.2, -0.15) is 5.26 Å². The van der Waals surface area contributed by atoms with Gasteiger partial charge in [-0.3, -0.25) is 4.79 Å². The SMILES string of the molecule is CC1CC(C#N)(C(=O)N2CCCCCC2CO)C1. The molecule has 0 bridgehead atoms. The molecule has 1 amide bonds. The zero-order valence-corrected chi connectivity index (χ0v) is 11.1. The Labute approximate surface area is 109 Å². The molecule has 2 rings (SSSR count). The first-order valence-corrected chi connectivity index (χ1v) is 6.96. The molecule has 0 aromatic rings. The third-order valence-electron chi connectivity index (χ3n) is 4.37. The van der Waals surface area contributed by atoms with Crippen molar-refractivity contribution in [3.8, 4) is 6.07 Å². The van der Waals surface area contributed by atoms with Crippen LogP contribution < -0.4 is 0 Å². The highest BCUT2D eigenvalue weighted by Gasteiger charge is 2.51. The third-order valence-corrected chi connectivity index (χ3v) is 4.37. The van der Waals surface area contributed by atoms with Crippen molar-refractivity contribution in [2.24, 2.45) is 11.3 Å². The molecule has 0 aromatic heterocycles. The van der Waals surface area contributed by atoms with Gasteiger partial charge in [-0.05, 0) is 31.6 Å². The molecule has 100 valence electrons. The number of aliphatic hydroxyl groups is 1. The molecule has 2 fully saturated rings. The number of nitrogens with zero attached hydrogens (tertiary/aromatic N) is 2. The van der Waals surface area contributed by atoms with E-state index in [1.165, 1.54) is 0 Å². The van der Waals surface area contributed by atoms with Crippen LogP contribution >= 0.6 is 0 Å². The molecule has 1 aliphatic heterocycles. The van der Waals surface area contributed by atoms with E-state index in [1.54, 1.807) is 4.90 Å². The minimum Gasteiger partial charge on any atom is -0.394 e. The van der Waals surface area contributed by atoms with Gasteiger partial charge in [-0.1, -0.05) is 19.8 Å². The van der Waals surface area contributed by atoms with Gasteiger partial charge in [0.15, 0.2) is 0 Å². The van der Waals surface area contributed by atoms with Crippen molar-refractivity contribution in [1.29, 1.82) is 5.26 Å². The summed E-state index contributed by atoms with van der Waals surface area (Å²) in [5.74, 6) is 0.428. The fourth-order valence-corrected chi connectivity index (χ4v) is 3.35. The van der Waals surface area contributed by atoms with Crippen LogP contribution in [0.1, 0.15) is 45.4 Å². The molecule has 0 aromatic carbocycles. The average molecular weight is 250 g/mol. The Kier molecular flexibility index (Phi) is 3.91. The summed E-state index contributed by atoms with van der Waals surface area (Å²) in [4.78, 5) is 14.4. The van der Waals surface area contributed by atoms with Gasteiger partial charge in [0.2, 0.25) is 5.91 Å². The summed E-state index contributed by atoms with van der Waals surface area (Å²) < 4.78 is 0. The van der Waals surface area contributed by atoms with Crippen LogP contribution in [0.4, 0.5) is 0 Å². The zero-order chi connectivity index (χ0) is 13.2. The predicted molar refractivity (Wildman–Crippen MR) is 67.5 cm³/mol. The summed E-state index contributed by atoms with van der Waals surface area (Å²) in [5, 5.41) is 18.8. The molecule has 4 heteroatoms. The van der Waals surface area contributed by atoms with Crippen LogP contribution in [-0.2, 0) is 4.79 Å². The minimum absolute atomic E-state index is 0.0167. The van der Waals surface area contributed by atoms with Gasteiger partial charge in [0, 0.05) is 6.54 Å². The van der Waals surface area contributed by atoms with Crippen LogP contribution in [0.25, 0.3) is 0 Å². The summed E-state index contributed by atoms with van der Waals surface area (Å²) in [6.45, 7) is 2.79. The van der Waals surface area contributed by atoms with Gasteiger partial charge in [-0.25, -0.2) is 0 Å². The van der Waals surface area contributed by atoms with Gasteiger partial charge < -0.3 is 10.0 Å². The first-order chi connectivity index (χ1) is 8.63. The molecule has 1 unspecified atom stereocenters. The zero-order valence-electron chi connectivity index (χ0n) is 11.1. The molecule has 0 spiro atoms. The molecular weight excluding hydrogens is 228 g/mol. The molecular formula is C14H22N2O2.